The van der Waals surface area contributed by atoms with Crippen molar-refractivity contribution in [3.8, 4) is 0 Å². The summed E-state index contributed by atoms with van der Waals surface area (Å²) in [6.45, 7) is 5.90. The van der Waals surface area contributed by atoms with Crippen molar-refractivity contribution in [3.05, 3.63) is 45.6 Å². The molecule has 146 valence electrons. The molecule has 5 nitrogen and oxygen atoms in total. The van der Waals surface area contributed by atoms with E-state index in [2.05, 4.69) is 12.2 Å². The van der Waals surface area contributed by atoms with Gasteiger partial charge in [0, 0.05) is 23.7 Å². The Morgan fingerprint density at radius 1 is 1.26 bits per heavy atom. The van der Waals surface area contributed by atoms with Gasteiger partial charge in [-0.3, -0.25) is 4.79 Å². The number of hydrogen-bond acceptors (Lipinski definition) is 4. The van der Waals surface area contributed by atoms with Crippen LogP contribution in [0.15, 0.2) is 35.2 Å². The zero-order valence-corrected chi connectivity index (χ0v) is 17.8. The summed E-state index contributed by atoms with van der Waals surface area (Å²) in [6.07, 6.45) is 3.26. The molecule has 0 saturated carbocycles. The van der Waals surface area contributed by atoms with Crippen molar-refractivity contribution in [1.29, 1.82) is 0 Å². The first-order chi connectivity index (χ1) is 12.7. The summed E-state index contributed by atoms with van der Waals surface area (Å²) < 4.78 is 26.3. The molecule has 0 unspecified atom stereocenters. The van der Waals surface area contributed by atoms with Crippen LogP contribution in [0.5, 0.6) is 0 Å². The maximum absolute atomic E-state index is 12.6. The van der Waals surface area contributed by atoms with E-state index in [0.717, 1.165) is 12.8 Å². The Morgan fingerprint density at radius 3 is 2.56 bits per heavy atom. The molecule has 0 bridgehead atoms. The average molecular weight is 407 g/mol. The Kier molecular flexibility index (Phi) is 5.74. The molecule has 0 saturated heterocycles. The van der Waals surface area contributed by atoms with E-state index in [9.17, 15) is 13.2 Å². The van der Waals surface area contributed by atoms with Gasteiger partial charge in [-0.15, -0.1) is 11.3 Å². The summed E-state index contributed by atoms with van der Waals surface area (Å²) in [4.78, 5) is 14.8. The maximum atomic E-state index is 12.6. The van der Waals surface area contributed by atoms with E-state index in [-0.39, 0.29) is 16.8 Å². The van der Waals surface area contributed by atoms with Crippen LogP contribution in [0.3, 0.4) is 0 Å². The van der Waals surface area contributed by atoms with Gasteiger partial charge in [0.25, 0.3) is 5.91 Å². The third-order valence-corrected chi connectivity index (χ3v) is 8.35. The van der Waals surface area contributed by atoms with Gasteiger partial charge in [-0.05, 0) is 74.9 Å². The standard InChI is InChI=1S/C20H26N2O3S2/c1-13(2)22(4)27(24,25)17-8-6-16(7-9-17)21-20(23)19-12-15-11-14(3)5-10-18(15)26-19/h6-9,12-14H,5,10-11H2,1-4H3,(H,21,23)/t14-/m1/s1. The van der Waals surface area contributed by atoms with E-state index in [4.69, 9.17) is 0 Å². The van der Waals surface area contributed by atoms with Gasteiger partial charge >= 0.3 is 0 Å². The van der Waals surface area contributed by atoms with Crippen molar-refractivity contribution in [1.82, 2.24) is 4.31 Å². The first-order valence-electron chi connectivity index (χ1n) is 9.19. The van der Waals surface area contributed by atoms with Crippen LogP contribution in [0.2, 0.25) is 0 Å². The van der Waals surface area contributed by atoms with E-state index < -0.39 is 10.0 Å². The predicted octanol–water partition coefficient (Wildman–Crippen LogP) is 4.15. The van der Waals surface area contributed by atoms with E-state index in [1.807, 2.05) is 19.9 Å². The highest BCUT2D eigenvalue weighted by molar-refractivity contribution is 7.89. The molecule has 1 aliphatic rings. The summed E-state index contributed by atoms with van der Waals surface area (Å²) in [5, 5.41) is 2.87. The second-order valence-electron chi connectivity index (χ2n) is 7.50. The van der Waals surface area contributed by atoms with E-state index in [1.54, 1.807) is 30.5 Å². The monoisotopic (exact) mass is 406 g/mol. The lowest BCUT2D eigenvalue weighted by Gasteiger charge is -2.21. The number of carbonyl (C=O) groups is 1. The summed E-state index contributed by atoms with van der Waals surface area (Å²) >= 11 is 1.56. The van der Waals surface area contributed by atoms with Gasteiger partial charge in [0.2, 0.25) is 10.0 Å². The number of rotatable bonds is 5. The zero-order valence-electron chi connectivity index (χ0n) is 16.2. The van der Waals surface area contributed by atoms with Gasteiger partial charge in [-0.1, -0.05) is 6.92 Å². The largest absolute Gasteiger partial charge is 0.321 e. The third kappa shape index (κ3) is 4.25. The number of sulfonamides is 1. The van der Waals surface area contributed by atoms with Crippen molar-refractivity contribution >= 4 is 33.0 Å². The van der Waals surface area contributed by atoms with Crippen molar-refractivity contribution in [2.45, 2.75) is 51.0 Å². The second kappa shape index (κ2) is 7.73. The molecule has 0 fully saturated rings. The van der Waals surface area contributed by atoms with Crippen LogP contribution in [0.1, 0.15) is 47.3 Å². The van der Waals surface area contributed by atoms with Gasteiger partial charge in [-0.25, -0.2) is 8.42 Å². The highest BCUT2D eigenvalue weighted by atomic mass is 32.2. The average Bonchev–Trinajstić information content (AvgIpc) is 3.04. The first kappa shape index (κ1) is 20.0. The molecular formula is C20H26N2O3S2. The number of fused-ring (bicyclic) bond motifs is 1. The van der Waals surface area contributed by atoms with Gasteiger partial charge in [-0.2, -0.15) is 4.31 Å². The minimum atomic E-state index is -3.52. The maximum Gasteiger partial charge on any atom is 0.265 e. The highest BCUT2D eigenvalue weighted by Crippen LogP contribution is 2.32. The minimum absolute atomic E-state index is 0.123. The van der Waals surface area contributed by atoms with E-state index in [0.29, 0.717) is 16.5 Å². The number of nitrogens with one attached hydrogen (secondary N) is 1. The Labute approximate surface area is 165 Å². The molecule has 1 amide bonds. The summed E-state index contributed by atoms with van der Waals surface area (Å²) in [6, 6.07) is 8.21. The quantitative estimate of drug-likeness (QED) is 0.811. The highest BCUT2D eigenvalue weighted by Gasteiger charge is 2.23. The number of thiophene rings is 1. The van der Waals surface area contributed by atoms with Crippen molar-refractivity contribution in [3.63, 3.8) is 0 Å². The fourth-order valence-corrected chi connectivity index (χ4v) is 5.64. The van der Waals surface area contributed by atoms with Crippen LogP contribution in [0.4, 0.5) is 5.69 Å². The molecule has 1 aliphatic carbocycles. The van der Waals surface area contributed by atoms with Crippen LogP contribution in [-0.4, -0.2) is 31.7 Å². The number of carbonyl (C=O) groups excluding carboxylic acids is 1. The number of hydrogen-bond donors (Lipinski definition) is 1. The Bertz CT molecular complexity index is 931. The summed E-state index contributed by atoms with van der Waals surface area (Å²) in [5.41, 5.74) is 1.88. The summed E-state index contributed by atoms with van der Waals surface area (Å²) in [7, 11) is -1.96. The topological polar surface area (TPSA) is 66.5 Å². The van der Waals surface area contributed by atoms with Gasteiger partial charge in [0.05, 0.1) is 9.77 Å². The Morgan fingerprint density at radius 2 is 1.93 bits per heavy atom. The zero-order chi connectivity index (χ0) is 19.8. The fourth-order valence-electron chi connectivity index (χ4n) is 3.16. The Balaban J connectivity index is 1.73. The smallest absolute Gasteiger partial charge is 0.265 e. The molecule has 27 heavy (non-hydrogen) atoms. The van der Waals surface area contributed by atoms with Crippen LogP contribution >= 0.6 is 11.3 Å². The molecule has 0 radical (unpaired) electrons. The molecule has 1 atom stereocenters. The molecule has 0 spiro atoms. The SMILES string of the molecule is CC(C)N(C)S(=O)(=O)c1ccc(NC(=O)c2cc3c(s2)CC[C@@H](C)C3)cc1. The first-order valence-corrected chi connectivity index (χ1v) is 11.4. The lowest BCUT2D eigenvalue weighted by Crippen LogP contribution is -2.33. The lowest BCUT2D eigenvalue weighted by atomic mass is 9.90. The number of nitrogens with zero attached hydrogens (tertiary/aromatic N) is 1. The molecule has 3 rings (SSSR count). The molecule has 1 N–H and O–H groups in total. The minimum Gasteiger partial charge on any atom is -0.321 e. The number of amides is 1. The number of aryl methyl sites for hydroxylation is 1. The molecule has 1 aromatic carbocycles. The normalized spacial score (nSPS) is 17.2. The van der Waals surface area contributed by atoms with Crippen LogP contribution < -0.4 is 5.32 Å². The Hall–Kier alpha value is -1.70. The molecule has 2 aromatic rings. The third-order valence-electron chi connectivity index (χ3n) is 5.07. The fraction of sp³-hybridized carbons (Fsp3) is 0.450. The van der Waals surface area contributed by atoms with E-state index in [1.165, 1.54) is 33.3 Å². The number of anilines is 1. The molecule has 7 heteroatoms. The molecule has 1 aromatic heterocycles. The van der Waals surface area contributed by atoms with Crippen molar-refractivity contribution in [2.75, 3.05) is 12.4 Å². The molecular weight excluding hydrogens is 380 g/mol. The van der Waals surface area contributed by atoms with Crippen LogP contribution in [0.25, 0.3) is 0 Å². The van der Waals surface area contributed by atoms with Gasteiger partial charge in [0.1, 0.15) is 0 Å². The van der Waals surface area contributed by atoms with Crippen LogP contribution in [-0.2, 0) is 22.9 Å². The molecule has 1 heterocycles. The predicted molar refractivity (Wildman–Crippen MR) is 110 cm³/mol. The number of benzene rings is 1. The lowest BCUT2D eigenvalue weighted by molar-refractivity contribution is 0.103. The summed E-state index contributed by atoms with van der Waals surface area (Å²) in [5.74, 6) is 0.526. The second-order valence-corrected chi connectivity index (χ2v) is 10.6. The van der Waals surface area contributed by atoms with E-state index >= 15 is 0 Å². The van der Waals surface area contributed by atoms with Crippen LogP contribution in [0, 0.1) is 5.92 Å². The van der Waals surface area contributed by atoms with Gasteiger partial charge in [0.15, 0.2) is 0 Å². The van der Waals surface area contributed by atoms with Crippen molar-refractivity contribution < 1.29 is 13.2 Å². The van der Waals surface area contributed by atoms with Gasteiger partial charge < -0.3 is 5.32 Å². The molecule has 0 aliphatic heterocycles. The van der Waals surface area contributed by atoms with Crippen molar-refractivity contribution in [2.24, 2.45) is 5.92 Å².